The summed E-state index contributed by atoms with van der Waals surface area (Å²) in [4.78, 5) is 44.2. The number of amides is 2. The van der Waals surface area contributed by atoms with Crippen molar-refractivity contribution in [1.29, 1.82) is 0 Å². The van der Waals surface area contributed by atoms with E-state index < -0.39 is 18.0 Å². The fourth-order valence-corrected chi connectivity index (χ4v) is 4.11. The average molecular weight is 450 g/mol. The van der Waals surface area contributed by atoms with Crippen LogP contribution in [0.4, 0.5) is 10.6 Å². The standard InChI is InChI=1S/C24H27N5O4/c1-28-19-11-7-6-10-18(19)26-21(22(28)30)29-14-12-17(13-15-29)25-24(32)27-20(23(31)33-2)16-8-4-3-5-9-16/h3-11,17,20H,12-15H2,1-2H3,(H2,25,27,32). The van der Waals surface area contributed by atoms with Crippen LogP contribution in [0.25, 0.3) is 11.0 Å². The molecule has 1 unspecified atom stereocenters. The summed E-state index contributed by atoms with van der Waals surface area (Å²) in [7, 11) is 3.04. The van der Waals surface area contributed by atoms with Crippen molar-refractivity contribution < 1.29 is 14.3 Å². The minimum Gasteiger partial charge on any atom is -0.467 e. The molecule has 4 rings (SSSR count). The lowest BCUT2D eigenvalue weighted by Gasteiger charge is -2.33. The molecule has 9 heteroatoms. The van der Waals surface area contributed by atoms with Gasteiger partial charge in [-0.3, -0.25) is 4.79 Å². The van der Waals surface area contributed by atoms with Crippen molar-refractivity contribution in [3.05, 3.63) is 70.5 Å². The highest BCUT2D eigenvalue weighted by molar-refractivity contribution is 5.84. The first-order valence-electron chi connectivity index (χ1n) is 10.9. The van der Waals surface area contributed by atoms with Gasteiger partial charge in [-0.2, -0.15) is 0 Å². The van der Waals surface area contributed by atoms with Gasteiger partial charge in [0.25, 0.3) is 5.56 Å². The van der Waals surface area contributed by atoms with Gasteiger partial charge < -0.3 is 24.8 Å². The number of ether oxygens (including phenoxy) is 1. The third kappa shape index (κ3) is 4.82. The van der Waals surface area contributed by atoms with Crippen LogP contribution in [0.1, 0.15) is 24.4 Å². The molecule has 0 radical (unpaired) electrons. The number of carbonyl (C=O) groups excluding carboxylic acids is 2. The minimum atomic E-state index is -0.888. The fourth-order valence-electron chi connectivity index (χ4n) is 4.11. The van der Waals surface area contributed by atoms with Crippen LogP contribution < -0.4 is 21.1 Å². The van der Waals surface area contributed by atoms with Crippen LogP contribution in [0.3, 0.4) is 0 Å². The SMILES string of the molecule is COC(=O)C(NC(=O)NC1CCN(c2nc3ccccc3n(C)c2=O)CC1)c1ccccc1. The molecule has 1 aliphatic rings. The largest absolute Gasteiger partial charge is 0.467 e. The van der Waals surface area contributed by atoms with E-state index in [0.717, 1.165) is 11.0 Å². The highest BCUT2D eigenvalue weighted by Crippen LogP contribution is 2.19. The topological polar surface area (TPSA) is 106 Å². The number of benzene rings is 2. The van der Waals surface area contributed by atoms with Crippen LogP contribution in [0.15, 0.2) is 59.4 Å². The number of anilines is 1. The summed E-state index contributed by atoms with van der Waals surface area (Å²) < 4.78 is 6.46. The zero-order valence-corrected chi connectivity index (χ0v) is 18.7. The Labute approximate surface area is 191 Å². The van der Waals surface area contributed by atoms with Crippen LogP contribution in [0.5, 0.6) is 0 Å². The van der Waals surface area contributed by atoms with Gasteiger partial charge >= 0.3 is 12.0 Å². The Morgan fingerprint density at radius 2 is 1.73 bits per heavy atom. The molecular weight excluding hydrogens is 422 g/mol. The van der Waals surface area contributed by atoms with Crippen molar-refractivity contribution >= 4 is 28.9 Å². The van der Waals surface area contributed by atoms with E-state index in [0.29, 0.717) is 37.3 Å². The number of urea groups is 1. The van der Waals surface area contributed by atoms with E-state index in [9.17, 15) is 14.4 Å². The Hall–Kier alpha value is -3.88. The first-order chi connectivity index (χ1) is 16.0. The normalized spacial score (nSPS) is 15.2. The molecule has 172 valence electrons. The second kappa shape index (κ2) is 9.72. The maximum absolute atomic E-state index is 12.8. The molecule has 0 saturated carbocycles. The molecule has 1 aromatic heterocycles. The highest BCUT2D eigenvalue weighted by atomic mass is 16.5. The molecule has 1 saturated heterocycles. The zero-order chi connectivity index (χ0) is 23.4. The number of piperidine rings is 1. The van der Waals surface area contributed by atoms with Crippen molar-refractivity contribution in [2.45, 2.75) is 24.9 Å². The Morgan fingerprint density at radius 1 is 1.06 bits per heavy atom. The maximum atomic E-state index is 12.8. The van der Waals surface area contributed by atoms with Crippen LogP contribution in [0.2, 0.25) is 0 Å². The minimum absolute atomic E-state index is 0.0837. The van der Waals surface area contributed by atoms with E-state index in [-0.39, 0.29) is 11.6 Å². The molecule has 33 heavy (non-hydrogen) atoms. The molecule has 1 aliphatic heterocycles. The molecule has 2 aromatic carbocycles. The van der Waals surface area contributed by atoms with E-state index in [1.165, 1.54) is 7.11 Å². The van der Waals surface area contributed by atoms with Crippen molar-refractivity contribution in [3.8, 4) is 0 Å². The lowest BCUT2D eigenvalue weighted by Crippen LogP contribution is -2.50. The molecule has 2 amide bonds. The number of para-hydroxylation sites is 2. The number of fused-ring (bicyclic) bond motifs is 1. The van der Waals surface area contributed by atoms with E-state index in [2.05, 4.69) is 15.6 Å². The van der Waals surface area contributed by atoms with E-state index >= 15 is 0 Å². The van der Waals surface area contributed by atoms with E-state index in [1.807, 2.05) is 35.2 Å². The molecule has 2 heterocycles. The maximum Gasteiger partial charge on any atom is 0.333 e. The average Bonchev–Trinajstić information content (AvgIpc) is 2.85. The van der Waals surface area contributed by atoms with Crippen LogP contribution in [0, 0.1) is 0 Å². The van der Waals surface area contributed by atoms with Crippen molar-refractivity contribution in [1.82, 2.24) is 20.2 Å². The zero-order valence-electron chi connectivity index (χ0n) is 18.7. The number of methoxy groups -OCH3 is 1. The van der Waals surface area contributed by atoms with Gasteiger partial charge in [-0.25, -0.2) is 14.6 Å². The first kappa shape index (κ1) is 22.3. The second-order valence-corrected chi connectivity index (χ2v) is 8.03. The Kier molecular flexibility index (Phi) is 6.58. The van der Waals surface area contributed by atoms with Gasteiger partial charge in [0.05, 0.1) is 18.1 Å². The quantitative estimate of drug-likeness (QED) is 0.578. The molecule has 3 aromatic rings. The van der Waals surface area contributed by atoms with Gasteiger partial charge in [-0.15, -0.1) is 0 Å². The summed E-state index contributed by atoms with van der Waals surface area (Å²) in [5.41, 5.74) is 2.07. The molecule has 1 atom stereocenters. The predicted molar refractivity (Wildman–Crippen MR) is 125 cm³/mol. The number of nitrogens with zero attached hydrogens (tertiary/aromatic N) is 3. The number of hydrogen-bond donors (Lipinski definition) is 2. The van der Waals surface area contributed by atoms with Gasteiger partial charge in [0.2, 0.25) is 0 Å². The Balaban J connectivity index is 1.39. The summed E-state index contributed by atoms with van der Waals surface area (Å²) in [5.74, 6) is -0.113. The van der Waals surface area contributed by atoms with Crippen molar-refractivity contribution in [2.24, 2.45) is 7.05 Å². The third-order valence-corrected chi connectivity index (χ3v) is 5.94. The van der Waals surface area contributed by atoms with Gasteiger partial charge in [0.1, 0.15) is 0 Å². The summed E-state index contributed by atoms with van der Waals surface area (Å²) in [6.07, 6.45) is 1.30. The number of hydrogen-bond acceptors (Lipinski definition) is 6. The number of aryl methyl sites for hydroxylation is 1. The number of esters is 1. The Morgan fingerprint density at radius 3 is 2.42 bits per heavy atom. The first-order valence-corrected chi connectivity index (χ1v) is 10.9. The highest BCUT2D eigenvalue weighted by Gasteiger charge is 2.27. The van der Waals surface area contributed by atoms with Gasteiger partial charge in [0, 0.05) is 26.2 Å². The monoisotopic (exact) mass is 449 g/mol. The van der Waals surface area contributed by atoms with Gasteiger partial charge in [-0.05, 0) is 30.5 Å². The van der Waals surface area contributed by atoms with Gasteiger partial charge in [0.15, 0.2) is 11.9 Å². The van der Waals surface area contributed by atoms with E-state index in [4.69, 9.17) is 4.74 Å². The fraction of sp³-hybridized carbons (Fsp3) is 0.333. The summed E-state index contributed by atoms with van der Waals surface area (Å²) in [6.45, 7) is 1.18. The van der Waals surface area contributed by atoms with Crippen molar-refractivity contribution in [3.63, 3.8) is 0 Å². The third-order valence-electron chi connectivity index (χ3n) is 5.94. The lowest BCUT2D eigenvalue weighted by atomic mass is 10.0. The predicted octanol–water partition coefficient (Wildman–Crippen LogP) is 2.12. The number of rotatable bonds is 5. The van der Waals surface area contributed by atoms with Crippen LogP contribution >= 0.6 is 0 Å². The summed E-state index contributed by atoms with van der Waals surface area (Å²) in [6, 6.07) is 15.1. The Bertz CT molecular complexity index is 1200. The molecule has 0 aliphatic carbocycles. The van der Waals surface area contributed by atoms with E-state index in [1.54, 1.807) is 35.9 Å². The second-order valence-electron chi connectivity index (χ2n) is 8.03. The molecular formula is C24H27N5O4. The number of nitrogens with one attached hydrogen (secondary N) is 2. The molecule has 9 nitrogen and oxygen atoms in total. The summed E-state index contributed by atoms with van der Waals surface area (Å²) >= 11 is 0. The van der Waals surface area contributed by atoms with Gasteiger partial charge in [-0.1, -0.05) is 42.5 Å². The number of carbonyl (C=O) groups is 2. The molecule has 1 fully saturated rings. The molecule has 0 bridgehead atoms. The lowest BCUT2D eigenvalue weighted by molar-refractivity contribution is -0.143. The summed E-state index contributed by atoms with van der Waals surface area (Å²) in [5, 5.41) is 5.64. The smallest absolute Gasteiger partial charge is 0.333 e. The molecule has 0 spiro atoms. The van der Waals surface area contributed by atoms with Crippen LogP contribution in [-0.4, -0.2) is 47.8 Å². The molecule has 2 N–H and O–H groups in total. The van der Waals surface area contributed by atoms with Crippen molar-refractivity contribution in [2.75, 3.05) is 25.1 Å². The number of aromatic nitrogens is 2. The van der Waals surface area contributed by atoms with Crippen LogP contribution in [-0.2, 0) is 16.6 Å².